The second-order valence-corrected chi connectivity index (χ2v) is 3.28. The van der Waals surface area contributed by atoms with Crippen LogP contribution in [0, 0.1) is 0 Å². The highest BCUT2D eigenvalue weighted by Crippen LogP contribution is 2.14. The molecule has 0 aliphatic carbocycles. The minimum absolute atomic E-state index is 0. The summed E-state index contributed by atoms with van der Waals surface area (Å²) in [6.45, 7) is 4.49. The predicted molar refractivity (Wildman–Crippen MR) is 46.6 cm³/mol. The van der Waals surface area contributed by atoms with Crippen LogP contribution >= 0.6 is 12.4 Å². The Morgan fingerprint density at radius 3 is 1.67 bits per heavy atom. The molecule has 0 bridgehead atoms. The van der Waals surface area contributed by atoms with Gasteiger partial charge in [-0.05, 0) is 0 Å². The first-order valence-corrected chi connectivity index (χ1v) is 4.23. The molecule has 54 valence electrons. The van der Waals surface area contributed by atoms with Gasteiger partial charge in [-0.3, -0.25) is 0 Å². The normalized spacial score (nSPS) is 9.22. The maximum Gasteiger partial charge on any atom is 0.123 e. The van der Waals surface area contributed by atoms with Gasteiger partial charge in [0.1, 0.15) is 16.3 Å². The molecule has 0 amide bonds. The summed E-state index contributed by atoms with van der Waals surface area (Å²) in [5.41, 5.74) is 0. The van der Waals surface area contributed by atoms with E-state index >= 15 is 0 Å². The van der Waals surface area contributed by atoms with Gasteiger partial charge in [-0.1, -0.05) is 39.5 Å². The average Bonchev–Trinajstić information content (AvgIpc) is 1.68. The lowest BCUT2D eigenvalue weighted by Gasteiger charge is -2.06. The first kappa shape index (κ1) is 12.5. The van der Waals surface area contributed by atoms with E-state index < -0.39 is 0 Å². The molecule has 0 aromatic rings. The fraction of sp³-hybridized carbons (Fsp3) is 1.00. The highest BCUT2D eigenvalue weighted by Gasteiger charge is 1.94. The van der Waals surface area contributed by atoms with E-state index in [1.54, 1.807) is 0 Å². The molecule has 0 spiro atoms. The molecule has 0 unspecified atom stereocenters. The maximum atomic E-state index is 2.90. The van der Waals surface area contributed by atoms with Gasteiger partial charge in [0.2, 0.25) is 0 Å². The van der Waals surface area contributed by atoms with Crippen LogP contribution in [0.3, 0.4) is 0 Å². The summed E-state index contributed by atoms with van der Waals surface area (Å²) in [7, 11) is 0. The van der Waals surface area contributed by atoms with E-state index in [9.17, 15) is 0 Å². The number of halogens is 1. The Labute approximate surface area is 73.2 Å². The van der Waals surface area contributed by atoms with Crippen molar-refractivity contribution in [2.24, 2.45) is 0 Å². The van der Waals surface area contributed by atoms with Crippen LogP contribution in [0.4, 0.5) is 0 Å². The van der Waals surface area contributed by atoms with E-state index in [0.29, 0.717) is 0 Å². The van der Waals surface area contributed by atoms with Gasteiger partial charge in [0.25, 0.3) is 0 Å². The molecule has 0 aromatic carbocycles. The van der Waals surface area contributed by atoms with Gasteiger partial charge in [-0.25, -0.2) is 0 Å². The van der Waals surface area contributed by atoms with Gasteiger partial charge < -0.3 is 0 Å². The van der Waals surface area contributed by atoms with Crippen LogP contribution in [-0.2, 0) is 0 Å². The molecular formula is C7H16AlCl. The summed E-state index contributed by atoms with van der Waals surface area (Å²) < 4.78 is 0.880. The van der Waals surface area contributed by atoms with E-state index in [-0.39, 0.29) is 12.4 Å². The summed E-state index contributed by atoms with van der Waals surface area (Å²) in [5, 5.41) is 0. The SMILES string of the molecule is CCC[CH]([Al])CCC.Cl. The van der Waals surface area contributed by atoms with E-state index in [1.165, 1.54) is 25.7 Å². The Morgan fingerprint density at radius 2 is 1.44 bits per heavy atom. The van der Waals surface area contributed by atoms with Crippen LogP contribution in [0.2, 0.25) is 4.78 Å². The van der Waals surface area contributed by atoms with Gasteiger partial charge in [0.15, 0.2) is 0 Å². The van der Waals surface area contributed by atoms with Crippen molar-refractivity contribution in [3.05, 3.63) is 0 Å². The van der Waals surface area contributed by atoms with Crippen molar-refractivity contribution in [2.75, 3.05) is 0 Å². The van der Waals surface area contributed by atoms with Crippen LogP contribution < -0.4 is 0 Å². The van der Waals surface area contributed by atoms with Crippen molar-refractivity contribution >= 4 is 28.7 Å². The molecule has 0 N–H and O–H groups in total. The lowest BCUT2D eigenvalue weighted by Crippen LogP contribution is -1.89. The molecule has 0 rings (SSSR count). The van der Waals surface area contributed by atoms with Crippen LogP contribution in [0.25, 0.3) is 0 Å². The third-order valence-electron chi connectivity index (χ3n) is 1.32. The van der Waals surface area contributed by atoms with Crippen molar-refractivity contribution in [1.29, 1.82) is 0 Å². The van der Waals surface area contributed by atoms with Crippen molar-refractivity contribution in [3.63, 3.8) is 0 Å². The minimum atomic E-state index is 0. The second kappa shape index (κ2) is 8.82. The number of rotatable bonds is 4. The Balaban J connectivity index is 0. The summed E-state index contributed by atoms with van der Waals surface area (Å²) >= 11 is 2.90. The first-order chi connectivity index (χ1) is 3.81. The molecule has 0 saturated carbocycles. The van der Waals surface area contributed by atoms with Crippen molar-refractivity contribution < 1.29 is 0 Å². The largest absolute Gasteiger partial charge is 0.147 e. The first-order valence-electron chi connectivity index (χ1n) is 3.56. The zero-order chi connectivity index (χ0) is 6.41. The lowest BCUT2D eigenvalue weighted by atomic mass is 10.1. The lowest BCUT2D eigenvalue weighted by molar-refractivity contribution is 0.655. The third kappa shape index (κ3) is 8.82. The van der Waals surface area contributed by atoms with Crippen molar-refractivity contribution in [3.8, 4) is 0 Å². The Hall–Kier alpha value is 0.822. The quantitative estimate of drug-likeness (QED) is 0.558. The molecular weight excluding hydrogens is 147 g/mol. The molecule has 9 heavy (non-hydrogen) atoms. The van der Waals surface area contributed by atoms with E-state index in [1.807, 2.05) is 0 Å². The Kier molecular flexibility index (Phi) is 12.2. The second-order valence-electron chi connectivity index (χ2n) is 2.34. The van der Waals surface area contributed by atoms with E-state index in [0.717, 1.165) is 4.78 Å². The molecule has 0 aromatic heterocycles. The van der Waals surface area contributed by atoms with Crippen LogP contribution in [0.1, 0.15) is 39.5 Å². The van der Waals surface area contributed by atoms with Crippen LogP contribution in [0.15, 0.2) is 0 Å². The smallest absolute Gasteiger partial charge is 0.123 e. The van der Waals surface area contributed by atoms with Crippen molar-refractivity contribution in [2.45, 2.75) is 44.3 Å². The zero-order valence-electron chi connectivity index (χ0n) is 6.39. The topological polar surface area (TPSA) is 0 Å². The maximum absolute atomic E-state index is 2.90. The standard InChI is InChI=1S/C7H15.Al.ClH/c1-3-5-7-6-4-2;;/h7H,3-6H2,1-2H3;;1H. The monoisotopic (exact) mass is 162 g/mol. The van der Waals surface area contributed by atoms with Gasteiger partial charge in [-0.2, -0.15) is 0 Å². The van der Waals surface area contributed by atoms with Gasteiger partial charge in [0, 0.05) is 0 Å². The van der Waals surface area contributed by atoms with Gasteiger partial charge >= 0.3 is 0 Å². The molecule has 0 nitrogen and oxygen atoms in total. The molecule has 0 atom stereocenters. The van der Waals surface area contributed by atoms with Crippen LogP contribution in [-0.4, -0.2) is 16.3 Å². The Bertz CT molecular complexity index is 42.2. The molecule has 0 aliphatic rings. The van der Waals surface area contributed by atoms with Gasteiger partial charge in [-0.15, -0.1) is 17.2 Å². The molecule has 2 radical (unpaired) electrons. The fourth-order valence-corrected chi connectivity index (χ4v) is 1.55. The summed E-state index contributed by atoms with van der Waals surface area (Å²) in [6, 6.07) is 0. The van der Waals surface area contributed by atoms with E-state index in [4.69, 9.17) is 0 Å². The molecule has 0 aliphatic heterocycles. The van der Waals surface area contributed by atoms with Crippen molar-refractivity contribution in [1.82, 2.24) is 0 Å². The highest BCUT2D eigenvalue weighted by atomic mass is 35.5. The molecule has 0 saturated heterocycles. The molecule has 2 heteroatoms. The van der Waals surface area contributed by atoms with Gasteiger partial charge in [0.05, 0.1) is 0 Å². The van der Waals surface area contributed by atoms with E-state index in [2.05, 4.69) is 30.1 Å². The molecule has 0 heterocycles. The number of hydrogen-bond donors (Lipinski definition) is 0. The summed E-state index contributed by atoms with van der Waals surface area (Å²) in [5.74, 6) is 0. The predicted octanol–water partition coefficient (Wildman–Crippen LogP) is 2.97. The third-order valence-corrected chi connectivity index (χ3v) is 1.99. The zero-order valence-corrected chi connectivity index (χ0v) is 8.36. The minimum Gasteiger partial charge on any atom is -0.147 e. The summed E-state index contributed by atoms with van der Waals surface area (Å²) in [4.78, 5) is 0. The Morgan fingerprint density at radius 1 is 1.11 bits per heavy atom. The fourth-order valence-electron chi connectivity index (χ4n) is 0.886. The molecule has 0 fully saturated rings. The summed E-state index contributed by atoms with van der Waals surface area (Å²) in [6.07, 6.45) is 5.40. The highest BCUT2D eigenvalue weighted by molar-refractivity contribution is 6.11. The average molecular weight is 163 g/mol. The number of hydrogen-bond acceptors (Lipinski definition) is 0. The van der Waals surface area contributed by atoms with Crippen LogP contribution in [0.5, 0.6) is 0 Å².